The fourth-order valence-corrected chi connectivity index (χ4v) is 4.10. The molecular formula is C28H27N5O3. The highest BCUT2D eigenvalue weighted by molar-refractivity contribution is 6.08. The van der Waals surface area contributed by atoms with E-state index in [1.165, 1.54) is 0 Å². The maximum Gasteiger partial charge on any atom is 0.419 e. The Labute approximate surface area is 208 Å². The van der Waals surface area contributed by atoms with E-state index >= 15 is 0 Å². The molecule has 2 heterocycles. The van der Waals surface area contributed by atoms with Gasteiger partial charge in [0, 0.05) is 30.5 Å². The molecule has 0 aliphatic rings. The quantitative estimate of drug-likeness (QED) is 0.357. The fraction of sp³-hybridized carbons (Fsp3) is 0.179. The van der Waals surface area contributed by atoms with Crippen LogP contribution in [0.5, 0.6) is 0 Å². The van der Waals surface area contributed by atoms with Crippen LogP contribution in [-0.2, 0) is 13.1 Å². The van der Waals surface area contributed by atoms with E-state index in [1.54, 1.807) is 33.6 Å². The normalized spacial score (nSPS) is 11.3. The van der Waals surface area contributed by atoms with Gasteiger partial charge in [0.05, 0.1) is 17.6 Å². The molecule has 182 valence electrons. The number of amides is 1. The highest BCUT2D eigenvalue weighted by Crippen LogP contribution is 2.25. The number of rotatable bonds is 8. The minimum Gasteiger partial charge on any atom is -0.408 e. The predicted molar refractivity (Wildman–Crippen MR) is 140 cm³/mol. The van der Waals surface area contributed by atoms with Gasteiger partial charge < -0.3 is 14.6 Å². The van der Waals surface area contributed by atoms with Crippen molar-refractivity contribution in [3.63, 3.8) is 0 Å². The number of aromatic nitrogens is 3. The average Bonchev–Trinajstić information content (AvgIpc) is 3.44. The lowest BCUT2D eigenvalue weighted by Crippen LogP contribution is -2.23. The molecular weight excluding hydrogens is 454 g/mol. The number of nitrogens with one attached hydrogen (secondary N) is 1. The molecule has 8 nitrogen and oxygen atoms in total. The van der Waals surface area contributed by atoms with Crippen LogP contribution < -0.4 is 11.1 Å². The number of hydrogen-bond acceptors (Lipinski definition) is 5. The molecule has 0 atom stereocenters. The Morgan fingerprint density at radius 3 is 2.44 bits per heavy atom. The molecule has 0 radical (unpaired) electrons. The molecule has 2 aromatic heterocycles. The molecule has 0 spiro atoms. The van der Waals surface area contributed by atoms with Crippen molar-refractivity contribution < 1.29 is 9.21 Å². The lowest BCUT2D eigenvalue weighted by atomic mass is 10.1. The zero-order valence-electron chi connectivity index (χ0n) is 20.2. The van der Waals surface area contributed by atoms with Gasteiger partial charge in [-0.2, -0.15) is 5.10 Å². The fourth-order valence-electron chi connectivity index (χ4n) is 4.10. The van der Waals surface area contributed by atoms with Crippen molar-refractivity contribution in [2.75, 3.05) is 26.0 Å². The summed E-state index contributed by atoms with van der Waals surface area (Å²) in [5, 5.41) is 7.72. The summed E-state index contributed by atoms with van der Waals surface area (Å²) in [4.78, 5) is 27.8. The summed E-state index contributed by atoms with van der Waals surface area (Å²) >= 11 is 0. The molecule has 0 aliphatic heterocycles. The molecule has 1 amide bonds. The Bertz CT molecular complexity index is 1550. The second-order valence-electron chi connectivity index (χ2n) is 8.90. The van der Waals surface area contributed by atoms with Gasteiger partial charge in [-0.25, -0.2) is 4.79 Å². The van der Waals surface area contributed by atoms with E-state index in [0.717, 1.165) is 11.1 Å². The van der Waals surface area contributed by atoms with E-state index in [1.807, 2.05) is 79.7 Å². The van der Waals surface area contributed by atoms with Gasteiger partial charge in [0.2, 0.25) is 0 Å². The molecule has 0 unspecified atom stereocenters. The Morgan fingerprint density at radius 1 is 1.00 bits per heavy atom. The Hall–Kier alpha value is -4.43. The summed E-state index contributed by atoms with van der Waals surface area (Å²) in [6.45, 7) is 1.72. The molecule has 5 aromatic rings. The lowest BCUT2D eigenvalue weighted by molar-refractivity contribution is 0.102. The first-order chi connectivity index (χ1) is 17.5. The summed E-state index contributed by atoms with van der Waals surface area (Å²) < 4.78 is 8.74. The molecule has 1 N–H and O–H groups in total. The van der Waals surface area contributed by atoms with Gasteiger partial charge in [-0.1, -0.05) is 60.7 Å². The monoisotopic (exact) mass is 481 g/mol. The second kappa shape index (κ2) is 10.1. The third-order valence-corrected chi connectivity index (χ3v) is 5.94. The van der Waals surface area contributed by atoms with Crippen LogP contribution in [0.3, 0.4) is 0 Å². The third kappa shape index (κ3) is 4.99. The number of anilines is 1. The SMILES string of the molecule is CN(C)CCn1c(=O)oc2ccc(NC(=O)c3cn(Cc4ccccc4)nc3-c3ccccc3)cc21. The van der Waals surface area contributed by atoms with Gasteiger partial charge in [-0.3, -0.25) is 14.0 Å². The number of benzene rings is 3. The number of nitrogens with zero attached hydrogens (tertiary/aromatic N) is 4. The molecule has 3 aromatic carbocycles. The van der Waals surface area contributed by atoms with Crippen molar-refractivity contribution in [3.05, 3.63) is 107 Å². The van der Waals surface area contributed by atoms with Crippen LogP contribution in [-0.4, -0.2) is 45.8 Å². The van der Waals surface area contributed by atoms with Crippen LogP contribution in [0.2, 0.25) is 0 Å². The van der Waals surface area contributed by atoms with Crippen molar-refractivity contribution in [3.8, 4) is 11.3 Å². The zero-order valence-corrected chi connectivity index (χ0v) is 20.2. The van der Waals surface area contributed by atoms with Crippen LogP contribution in [0.4, 0.5) is 5.69 Å². The van der Waals surface area contributed by atoms with E-state index in [-0.39, 0.29) is 5.91 Å². The van der Waals surface area contributed by atoms with Crippen molar-refractivity contribution in [1.29, 1.82) is 0 Å². The standard InChI is InChI=1S/C28H27N5O3/c1-31(2)15-16-33-24-17-22(13-14-25(24)36-28(33)35)29-27(34)23-19-32(18-20-9-5-3-6-10-20)30-26(23)21-11-7-4-8-12-21/h3-14,17,19H,15-16,18H2,1-2H3,(H,29,34). The summed E-state index contributed by atoms with van der Waals surface area (Å²) in [6, 6.07) is 24.8. The summed E-state index contributed by atoms with van der Waals surface area (Å²) in [7, 11) is 3.89. The van der Waals surface area contributed by atoms with Crippen molar-refractivity contribution in [2.24, 2.45) is 0 Å². The van der Waals surface area contributed by atoms with Crippen molar-refractivity contribution in [1.82, 2.24) is 19.2 Å². The van der Waals surface area contributed by atoms with Gasteiger partial charge >= 0.3 is 5.76 Å². The van der Waals surface area contributed by atoms with E-state index < -0.39 is 5.76 Å². The van der Waals surface area contributed by atoms with Crippen LogP contribution >= 0.6 is 0 Å². The Morgan fingerprint density at radius 2 is 1.72 bits per heavy atom. The van der Waals surface area contributed by atoms with Crippen molar-refractivity contribution in [2.45, 2.75) is 13.1 Å². The first-order valence-corrected chi connectivity index (χ1v) is 11.7. The summed E-state index contributed by atoms with van der Waals surface area (Å²) in [5.41, 5.74) is 4.72. The Balaban J connectivity index is 1.46. The smallest absolute Gasteiger partial charge is 0.408 e. The summed E-state index contributed by atoms with van der Waals surface area (Å²) in [6.07, 6.45) is 1.77. The number of hydrogen-bond donors (Lipinski definition) is 1. The predicted octanol–water partition coefficient (Wildman–Crippen LogP) is 4.32. The van der Waals surface area contributed by atoms with Crippen LogP contribution in [0.15, 0.2) is 94.3 Å². The summed E-state index contributed by atoms with van der Waals surface area (Å²) in [5.74, 6) is -0.693. The zero-order chi connectivity index (χ0) is 25.1. The van der Waals surface area contributed by atoms with Crippen LogP contribution in [0.25, 0.3) is 22.4 Å². The van der Waals surface area contributed by atoms with Crippen LogP contribution in [0, 0.1) is 0 Å². The van der Waals surface area contributed by atoms with Crippen molar-refractivity contribution >= 4 is 22.7 Å². The molecule has 0 saturated carbocycles. The minimum absolute atomic E-state index is 0.279. The van der Waals surface area contributed by atoms with E-state index in [2.05, 4.69) is 5.32 Å². The van der Waals surface area contributed by atoms with E-state index in [0.29, 0.717) is 47.7 Å². The lowest BCUT2D eigenvalue weighted by Gasteiger charge is -2.10. The molecule has 8 heteroatoms. The van der Waals surface area contributed by atoms with Gasteiger partial charge in [-0.15, -0.1) is 0 Å². The average molecular weight is 482 g/mol. The number of oxazole rings is 1. The van der Waals surface area contributed by atoms with Gasteiger partial charge in [0.1, 0.15) is 5.69 Å². The first-order valence-electron chi connectivity index (χ1n) is 11.7. The Kier molecular flexibility index (Phi) is 6.51. The number of carbonyl (C=O) groups is 1. The third-order valence-electron chi connectivity index (χ3n) is 5.94. The molecule has 0 fully saturated rings. The van der Waals surface area contributed by atoms with Crippen LogP contribution in [0.1, 0.15) is 15.9 Å². The number of carbonyl (C=O) groups excluding carboxylic acids is 1. The molecule has 0 aliphatic carbocycles. The van der Waals surface area contributed by atoms with E-state index in [4.69, 9.17) is 9.52 Å². The van der Waals surface area contributed by atoms with E-state index in [9.17, 15) is 9.59 Å². The van der Waals surface area contributed by atoms with Gasteiger partial charge in [0.15, 0.2) is 5.58 Å². The molecule has 36 heavy (non-hydrogen) atoms. The molecule has 5 rings (SSSR count). The minimum atomic E-state index is -0.413. The molecule has 0 saturated heterocycles. The molecule has 0 bridgehead atoms. The largest absolute Gasteiger partial charge is 0.419 e. The maximum atomic E-state index is 13.5. The number of likely N-dealkylation sites (N-methyl/N-ethyl adjacent to an activating group) is 1. The van der Waals surface area contributed by atoms with Gasteiger partial charge in [-0.05, 0) is 37.9 Å². The maximum absolute atomic E-state index is 13.5. The topological polar surface area (TPSA) is 85.3 Å². The highest BCUT2D eigenvalue weighted by Gasteiger charge is 2.19. The first kappa shape index (κ1) is 23.3. The van der Waals surface area contributed by atoms with Gasteiger partial charge in [0.25, 0.3) is 5.91 Å². The highest BCUT2D eigenvalue weighted by atomic mass is 16.4. The second-order valence-corrected chi connectivity index (χ2v) is 8.90. The number of fused-ring (bicyclic) bond motifs is 1.